The summed E-state index contributed by atoms with van der Waals surface area (Å²) in [6, 6.07) is 8.69. The number of hydrogen-bond donors (Lipinski definition) is 0. The van der Waals surface area contributed by atoms with Gasteiger partial charge in [0.25, 0.3) is 0 Å². The average Bonchev–Trinajstić information content (AvgIpc) is 3.09. The smallest absolute Gasteiger partial charge is 0.119 e. The van der Waals surface area contributed by atoms with Gasteiger partial charge in [-0.2, -0.15) is 0 Å². The Kier molecular flexibility index (Phi) is 2.42. The molecule has 0 aromatic heterocycles. The zero-order chi connectivity index (χ0) is 11.0. The number of hydrogen-bond acceptors (Lipinski definition) is 1. The van der Waals surface area contributed by atoms with E-state index >= 15 is 0 Å². The summed E-state index contributed by atoms with van der Waals surface area (Å²) in [5, 5.41) is 0. The largest absolute Gasteiger partial charge is 0.490 e. The minimum Gasteiger partial charge on any atom is -0.490 e. The lowest BCUT2D eigenvalue weighted by Crippen LogP contribution is -2.38. The molecular weight excluding hydrogens is 196 g/mol. The second-order valence-electron chi connectivity index (χ2n) is 5.40. The Morgan fingerprint density at radius 1 is 1.19 bits per heavy atom. The van der Waals surface area contributed by atoms with Crippen molar-refractivity contribution in [1.29, 1.82) is 0 Å². The quantitative estimate of drug-likeness (QED) is 0.740. The van der Waals surface area contributed by atoms with Crippen LogP contribution in [0.15, 0.2) is 24.3 Å². The van der Waals surface area contributed by atoms with E-state index in [0.29, 0.717) is 11.5 Å². The van der Waals surface area contributed by atoms with Gasteiger partial charge >= 0.3 is 0 Å². The van der Waals surface area contributed by atoms with Crippen LogP contribution >= 0.6 is 0 Å². The molecule has 0 amide bonds. The van der Waals surface area contributed by atoms with Crippen LogP contribution in [0.2, 0.25) is 0 Å². The van der Waals surface area contributed by atoms with Crippen molar-refractivity contribution in [2.75, 3.05) is 0 Å². The monoisotopic (exact) mass is 216 g/mol. The van der Waals surface area contributed by atoms with E-state index in [2.05, 4.69) is 31.2 Å². The van der Waals surface area contributed by atoms with Crippen LogP contribution in [0.5, 0.6) is 5.75 Å². The summed E-state index contributed by atoms with van der Waals surface area (Å²) >= 11 is 0. The van der Waals surface area contributed by atoms with Crippen LogP contribution in [0, 0.1) is 5.41 Å². The second-order valence-corrected chi connectivity index (χ2v) is 5.40. The fourth-order valence-corrected chi connectivity index (χ4v) is 2.77. The summed E-state index contributed by atoms with van der Waals surface area (Å²) in [6.07, 6.45) is 8.35. The second kappa shape index (κ2) is 3.80. The third-order valence-corrected chi connectivity index (χ3v) is 4.22. The van der Waals surface area contributed by atoms with Crippen LogP contribution in [0.4, 0.5) is 0 Å². The van der Waals surface area contributed by atoms with Gasteiger partial charge in [0, 0.05) is 5.41 Å². The summed E-state index contributed by atoms with van der Waals surface area (Å²) in [6.45, 7) is 2.22. The van der Waals surface area contributed by atoms with E-state index in [0.717, 1.165) is 5.75 Å². The Labute approximate surface area is 97.8 Å². The lowest BCUT2D eigenvalue weighted by atomic mass is 9.78. The molecule has 2 saturated carbocycles. The standard InChI is InChI=1S/C15H20O/c1-2-3-12-4-6-13(7-5-12)16-14-8-9-15(14)10-11-15/h4-7,14H,2-3,8-11H2,1H3. The molecule has 2 aliphatic rings. The van der Waals surface area contributed by atoms with Gasteiger partial charge in [-0.1, -0.05) is 25.5 Å². The minimum atomic E-state index is 0.518. The molecular formula is C15H20O. The first-order chi connectivity index (χ1) is 7.82. The highest BCUT2D eigenvalue weighted by Gasteiger charge is 2.57. The van der Waals surface area contributed by atoms with Gasteiger partial charge in [0.05, 0.1) is 0 Å². The van der Waals surface area contributed by atoms with Gasteiger partial charge < -0.3 is 4.74 Å². The first kappa shape index (κ1) is 10.2. The highest BCUT2D eigenvalue weighted by Crippen LogP contribution is 2.61. The Hall–Kier alpha value is -0.980. The van der Waals surface area contributed by atoms with Crippen molar-refractivity contribution >= 4 is 0 Å². The minimum absolute atomic E-state index is 0.518. The summed E-state index contributed by atoms with van der Waals surface area (Å²) in [7, 11) is 0. The molecule has 0 heterocycles. The van der Waals surface area contributed by atoms with E-state index < -0.39 is 0 Å². The van der Waals surface area contributed by atoms with Crippen molar-refractivity contribution in [2.24, 2.45) is 5.41 Å². The highest BCUT2D eigenvalue weighted by molar-refractivity contribution is 5.28. The first-order valence-corrected chi connectivity index (χ1v) is 6.58. The van der Waals surface area contributed by atoms with Crippen molar-refractivity contribution in [1.82, 2.24) is 0 Å². The van der Waals surface area contributed by atoms with Gasteiger partial charge in [-0.05, 0) is 49.8 Å². The Balaban J connectivity index is 1.62. The number of benzene rings is 1. The van der Waals surface area contributed by atoms with E-state index in [1.165, 1.54) is 44.1 Å². The molecule has 86 valence electrons. The van der Waals surface area contributed by atoms with Crippen LogP contribution in [0.3, 0.4) is 0 Å². The van der Waals surface area contributed by atoms with Crippen molar-refractivity contribution in [3.8, 4) is 5.75 Å². The van der Waals surface area contributed by atoms with Crippen LogP contribution < -0.4 is 4.74 Å². The summed E-state index contributed by atoms with van der Waals surface area (Å²) in [5.41, 5.74) is 2.03. The van der Waals surface area contributed by atoms with Crippen molar-refractivity contribution in [2.45, 2.75) is 51.6 Å². The molecule has 1 atom stereocenters. The lowest BCUT2D eigenvalue weighted by Gasteiger charge is -2.37. The summed E-state index contributed by atoms with van der Waals surface area (Å²) in [4.78, 5) is 0. The third kappa shape index (κ3) is 1.73. The molecule has 1 unspecified atom stereocenters. The molecule has 1 aromatic carbocycles. The molecule has 1 heteroatoms. The predicted molar refractivity (Wildman–Crippen MR) is 65.8 cm³/mol. The molecule has 0 bridgehead atoms. The fourth-order valence-electron chi connectivity index (χ4n) is 2.77. The maximum atomic E-state index is 6.06. The molecule has 16 heavy (non-hydrogen) atoms. The Morgan fingerprint density at radius 3 is 2.44 bits per heavy atom. The van der Waals surface area contributed by atoms with E-state index in [1.807, 2.05) is 0 Å². The summed E-state index contributed by atoms with van der Waals surface area (Å²) in [5.74, 6) is 1.07. The number of ether oxygens (including phenoxy) is 1. The van der Waals surface area contributed by atoms with Gasteiger partial charge in [0.2, 0.25) is 0 Å². The van der Waals surface area contributed by atoms with Crippen molar-refractivity contribution < 1.29 is 4.74 Å². The first-order valence-electron chi connectivity index (χ1n) is 6.58. The van der Waals surface area contributed by atoms with Crippen molar-refractivity contribution in [3.05, 3.63) is 29.8 Å². The average molecular weight is 216 g/mol. The molecule has 1 spiro atoms. The Morgan fingerprint density at radius 2 is 1.94 bits per heavy atom. The molecule has 1 aromatic rings. The van der Waals surface area contributed by atoms with E-state index in [1.54, 1.807) is 0 Å². The number of aryl methyl sites for hydroxylation is 1. The molecule has 1 nitrogen and oxygen atoms in total. The highest BCUT2D eigenvalue weighted by atomic mass is 16.5. The molecule has 2 aliphatic carbocycles. The fraction of sp³-hybridized carbons (Fsp3) is 0.600. The molecule has 2 fully saturated rings. The topological polar surface area (TPSA) is 9.23 Å². The maximum absolute atomic E-state index is 6.06. The number of rotatable bonds is 4. The van der Waals surface area contributed by atoms with Gasteiger partial charge in [-0.25, -0.2) is 0 Å². The molecule has 3 rings (SSSR count). The molecule has 0 radical (unpaired) electrons. The van der Waals surface area contributed by atoms with Crippen LogP contribution in [-0.2, 0) is 6.42 Å². The van der Waals surface area contributed by atoms with Gasteiger partial charge in [0.1, 0.15) is 11.9 Å². The van der Waals surface area contributed by atoms with Crippen molar-refractivity contribution in [3.63, 3.8) is 0 Å². The molecule has 0 aliphatic heterocycles. The van der Waals surface area contributed by atoms with Crippen LogP contribution in [-0.4, -0.2) is 6.10 Å². The van der Waals surface area contributed by atoms with Gasteiger partial charge in [-0.3, -0.25) is 0 Å². The van der Waals surface area contributed by atoms with E-state index in [4.69, 9.17) is 4.74 Å². The normalized spacial score (nSPS) is 25.2. The lowest BCUT2D eigenvalue weighted by molar-refractivity contribution is 0.0282. The zero-order valence-corrected chi connectivity index (χ0v) is 10.0. The predicted octanol–water partition coefficient (Wildman–Crippen LogP) is 3.96. The van der Waals surface area contributed by atoms with Crippen LogP contribution in [0.25, 0.3) is 0 Å². The van der Waals surface area contributed by atoms with E-state index in [-0.39, 0.29) is 0 Å². The molecule has 0 N–H and O–H groups in total. The molecule has 0 saturated heterocycles. The van der Waals surface area contributed by atoms with Crippen LogP contribution in [0.1, 0.15) is 44.6 Å². The SMILES string of the molecule is CCCc1ccc(OC2CCC23CC3)cc1. The van der Waals surface area contributed by atoms with E-state index in [9.17, 15) is 0 Å². The van der Waals surface area contributed by atoms with Gasteiger partial charge in [0.15, 0.2) is 0 Å². The third-order valence-electron chi connectivity index (χ3n) is 4.22. The summed E-state index contributed by atoms with van der Waals surface area (Å²) < 4.78 is 6.06. The Bertz CT molecular complexity index is 362. The zero-order valence-electron chi connectivity index (χ0n) is 10.0. The van der Waals surface area contributed by atoms with Gasteiger partial charge in [-0.15, -0.1) is 0 Å². The maximum Gasteiger partial charge on any atom is 0.119 e.